The Morgan fingerprint density at radius 2 is 1.92 bits per heavy atom. The van der Waals surface area contributed by atoms with E-state index in [4.69, 9.17) is 4.74 Å². The molecule has 24 heavy (non-hydrogen) atoms. The summed E-state index contributed by atoms with van der Waals surface area (Å²) >= 11 is 0. The molecule has 0 fully saturated rings. The summed E-state index contributed by atoms with van der Waals surface area (Å²) in [4.78, 5) is 37.0. The summed E-state index contributed by atoms with van der Waals surface area (Å²) in [5, 5.41) is 0. The molecule has 1 aromatic carbocycles. The Morgan fingerprint density at radius 3 is 2.58 bits per heavy atom. The van der Waals surface area contributed by atoms with E-state index in [1.807, 2.05) is 31.2 Å². The van der Waals surface area contributed by atoms with Gasteiger partial charge in [0.05, 0.1) is 12.2 Å². The van der Waals surface area contributed by atoms with E-state index >= 15 is 0 Å². The molecule has 1 aliphatic rings. The van der Waals surface area contributed by atoms with Crippen LogP contribution >= 0.6 is 0 Å². The lowest BCUT2D eigenvalue weighted by molar-refractivity contribution is 0.0522. The first-order valence-electron chi connectivity index (χ1n) is 8.04. The first-order valence-corrected chi connectivity index (χ1v) is 8.04. The number of aromatic nitrogens is 1. The number of aryl methyl sites for hydroxylation is 1. The van der Waals surface area contributed by atoms with Gasteiger partial charge in [-0.25, -0.2) is 4.79 Å². The minimum Gasteiger partial charge on any atom is -0.462 e. The fourth-order valence-corrected chi connectivity index (χ4v) is 2.99. The van der Waals surface area contributed by atoms with Gasteiger partial charge in [0.1, 0.15) is 5.69 Å². The maximum Gasteiger partial charge on any atom is 0.340 e. The minimum atomic E-state index is -0.554. The molecule has 0 radical (unpaired) electrons. The summed E-state index contributed by atoms with van der Waals surface area (Å²) in [6, 6.07) is 9.41. The number of carbonyl (C=O) groups excluding carboxylic acids is 2. The molecule has 5 heteroatoms. The maximum absolute atomic E-state index is 12.7. The summed E-state index contributed by atoms with van der Waals surface area (Å²) in [6.07, 6.45) is 0.662. The zero-order valence-corrected chi connectivity index (χ0v) is 13.8. The van der Waals surface area contributed by atoms with E-state index in [0.717, 1.165) is 11.1 Å². The van der Waals surface area contributed by atoms with Gasteiger partial charge in [-0.05, 0) is 25.5 Å². The van der Waals surface area contributed by atoms with E-state index in [1.54, 1.807) is 6.92 Å². The monoisotopic (exact) mass is 325 g/mol. The number of nitrogens with zero attached hydrogens (tertiary/aromatic N) is 1. The molecule has 0 saturated carbocycles. The molecule has 0 N–H and O–H groups in total. The van der Waals surface area contributed by atoms with Gasteiger partial charge >= 0.3 is 5.97 Å². The lowest BCUT2D eigenvalue weighted by Gasteiger charge is -2.11. The van der Waals surface area contributed by atoms with Gasteiger partial charge in [-0.3, -0.25) is 9.59 Å². The number of rotatable bonds is 4. The second kappa shape index (κ2) is 6.43. The number of pyridine rings is 1. The van der Waals surface area contributed by atoms with Crippen LogP contribution in [0.25, 0.3) is 0 Å². The molecule has 0 amide bonds. The van der Waals surface area contributed by atoms with E-state index in [1.165, 1.54) is 10.6 Å². The molecule has 124 valence electrons. The molecule has 0 aliphatic carbocycles. The number of esters is 1. The van der Waals surface area contributed by atoms with Crippen LogP contribution < -0.4 is 5.56 Å². The number of Topliss-reactive ketones (excluding diaryl/α,β-unsaturated/α-hetero) is 1. The van der Waals surface area contributed by atoms with E-state index in [-0.39, 0.29) is 35.6 Å². The summed E-state index contributed by atoms with van der Waals surface area (Å²) in [5.41, 5.74) is 2.80. The Kier molecular flexibility index (Phi) is 4.34. The third-order valence-corrected chi connectivity index (χ3v) is 4.20. The quantitative estimate of drug-likeness (QED) is 0.810. The van der Waals surface area contributed by atoms with Crippen molar-refractivity contribution < 1.29 is 14.3 Å². The molecule has 1 aliphatic heterocycles. The number of benzene rings is 1. The topological polar surface area (TPSA) is 65.4 Å². The molecule has 2 aromatic rings. The van der Waals surface area contributed by atoms with Crippen LogP contribution in [0.3, 0.4) is 0 Å². The number of ketones is 1. The van der Waals surface area contributed by atoms with E-state index in [0.29, 0.717) is 18.5 Å². The van der Waals surface area contributed by atoms with E-state index in [2.05, 4.69) is 0 Å². The Bertz CT molecular complexity index is 862. The predicted octanol–water partition coefficient (Wildman–Crippen LogP) is 2.51. The molecular formula is C19H19NO4. The highest BCUT2D eigenvalue weighted by Gasteiger charge is 2.29. The normalized spacial score (nSPS) is 13.0. The van der Waals surface area contributed by atoms with Crippen molar-refractivity contribution in [3.8, 4) is 0 Å². The van der Waals surface area contributed by atoms with Crippen molar-refractivity contribution in [2.45, 2.75) is 33.2 Å². The number of hydrogen-bond donors (Lipinski definition) is 0. The SMILES string of the molecule is CCOC(=O)c1cc(Cc2ccc(C)cc2)c(=O)n2c1C(=O)CC2. The van der Waals surface area contributed by atoms with Crippen molar-refractivity contribution in [3.05, 3.63) is 68.6 Å². The van der Waals surface area contributed by atoms with Gasteiger partial charge in [0.25, 0.3) is 5.56 Å². The van der Waals surface area contributed by atoms with Crippen molar-refractivity contribution >= 4 is 11.8 Å². The van der Waals surface area contributed by atoms with Crippen molar-refractivity contribution in [2.75, 3.05) is 6.61 Å². The minimum absolute atomic E-state index is 0.183. The van der Waals surface area contributed by atoms with Gasteiger partial charge in [-0.15, -0.1) is 0 Å². The van der Waals surface area contributed by atoms with Gasteiger partial charge in [0.2, 0.25) is 0 Å². The highest BCUT2D eigenvalue weighted by Crippen LogP contribution is 2.20. The zero-order valence-electron chi connectivity index (χ0n) is 13.8. The summed E-state index contributed by atoms with van der Waals surface area (Å²) in [5.74, 6) is -0.737. The maximum atomic E-state index is 12.7. The average molecular weight is 325 g/mol. The molecule has 5 nitrogen and oxygen atoms in total. The van der Waals surface area contributed by atoms with Gasteiger partial charge in [0.15, 0.2) is 5.78 Å². The molecule has 0 unspecified atom stereocenters. The first-order chi connectivity index (χ1) is 11.5. The van der Waals surface area contributed by atoms with Crippen LogP contribution in [0.1, 0.15) is 50.9 Å². The number of carbonyl (C=O) groups is 2. The van der Waals surface area contributed by atoms with Crippen LogP contribution in [0.2, 0.25) is 0 Å². The van der Waals surface area contributed by atoms with Crippen molar-refractivity contribution in [1.82, 2.24) is 4.57 Å². The summed E-state index contributed by atoms with van der Waals surface area (Å²) < 4.78 is 6.47. The lowest BCUT2D eigenvalue weighted by Crippen LogP contribution is -2.27. The molecule has 0 atom stereocenters. The lowest BCUT2D eigenvalue weighted by atomic mass is 10.0. The van der Waals surface area contributed by atoms with Gasteiger partial charge in [0, 0.05) is 24.9 Å². The highest BCUT2D eigenvalue weighted by molar-refractivity contribution is 6.06. The zero-order chi connectivity index (χ0) is 17.3. The first kappa shape index (κ1) is 16.2. The van der Waals surface area contributed by atoms with Crippen LogP contribution in [-0.4, -0.2) is 22.9 Å². The average Bonchev–Trinajstić information content (AvgIpc) is 2.95. The molecule has 1 aromatic heterocycles. The molecule has 2 heterocycles. The van der Waals surface area contributed by atoms with E-state index < -0.39 is 5.97 Å². The highest BCUT2D eigenvalue weighted by atomic mass is 16.5. The summed E-state index contributed by atoms with van der Waals surface area (Å²) in [7, 11) is 0. The summed E-state index contributed by atoms with van der Waals surface area (Å²) in [6.45, 7) is 4.25. The van der Waals surface area contributed by atoms with Gasteiger partial charge in [-0.2, -0.15) is 0 Å². The van der Waals surface area contributed by atoms with Crippen molar-refractivity contribution in [3.63, 3.8) is 0 Å². The largest absolute Gasteiger partial charge is 0.462 e. The molecule has 0 spiro atoms. The molecule has 0 saturated heterocycles. The fraction of sp³-hybridized carbons (Fsp3) is 0.316. The molecule has 0 bridgehead atoms. The van der Waals surface area contributed by atoms with Gasteiger partial charge in [-0.1, -0.05) is 29.8 Å². The van der Waals surface area contributed by atoms with Crippen LogP contribution in [0.5, 0.6) is 0 Å². The Balaban J connectivity index is 2.09. The molecule has 3 rings (SSSR count). The number of hydrogen-bond acceptors (Lipinski definition) is 4. The Hall–Kier alpha value is -2.69. The van der Waals surface area contributed by atoms with Crippen LogP contribution in [0.15, 0.2) is 35.1 Å². The Labute approximate surface area is 139 Å². The Morgan fingerprint density at radius 1 is 1.21 bits per heavy atom. The predicted molar refractivity (Wildman–Crippen MR) is 89.6 cm³/mol. The smallest absolute Gasteiger partial charge is 0.340 e. The van der Waals surface area contributed by atoms with Crippen LogP contribution in [0.4, 0.5) is 0 Å². The van der Waals surface area contributed by atoms with Crippen LogP contribution in [0, 0.1) is 6.92 Å². The number of fused-ring (bicyclic) bond motifs is 1. The second-order valence-corrected chi connectivity index (χ2v) is 5.94. The number of ether oxygens (including phenoxy) is 1. The van der Waals surface area contributed by atoms with Crippen molar-refractivity contribution in [2.24, 2.45) is 0 Å². The van der Waals surface area contributed by atoms with Crippen molar-refractivity contribution in [1.29, 1.82) is 0 Å². The third kappa shape index (κ3) is 2.89. The van der Waals surface area contributed by atoms with E-state index in [9.17, 15) is 14.4 Å². The standard InChI is InChI=1S/C19H19NO4/c1-3-24-19(23)15-11-14(10-13-6-4-12(2)5-7-13)18(22)20-9-8-16(21)17(15)20/h4-7,11H,3,8-10H2,1-2H3. The van der Waals surface area contributed by atoms with Crippen LogP contribution in [-0.2, 0) is 17.7 Å². The second-order valence-electron chi connectivity index (χ2n) is 5.94. The van der Waals surface area contributed by atoms with Gasteiger partial charge < -0.3 is 9.30 Å². The fourth-order valence-electron chi connectivity index (χ4n) is 2.99. The molecular weight excluding hydrogens is 306 g/mol. The third-order valence-electron chi connectivity index (χ3n) is 4.20.